The number of benzene rings is 1. The van der Waals surface area contributed by atoms with Crippen LogP contribution in [0.5, 0.6) is 0 Å². The molecule has 1 aromatic heterocycles. The predicted molar refractivity (Wildman–Crippen MR) is 53.2 cm³/mol. The van der Waals surface area contributed by atoms with Crippen molar-refractivity contribution in [1.29, 1.82) is 0 Å². The summed E-state index contributed by atoms with van der Waals surface area (Å²) in [5.74, 6) is 0. The second kappa shape index (κ2) is 3.62. The van der Waals surface area contributed by atoms with Crippen molar-refractivity contribution < 1.29 is 11.7 Å². The van der Waals surface area contributed by atoms with Crippen molar-refractivity contribution in [2.45, 2.75) is 4.90 Å². The molecule has 80 valence electrons. The van der Waals surface area contributed by atoms with Crippen LogP contribution in [0.3, 0.4) is 0 Å². The third-order valence-corrected chi connectivity index (χ3v) is 2.72. The number of hydrogen-bond donors (Lipinski definition) is 1. The van der Waals surface area contributed by atoms with Crippen LogP contribution >= 0.6 is 11.2 Å². The summed E-state index contributed by atoms with van der Waals surface area (Å²) in [6, 6.07) is 5.25. The van der Waals surface area contributed by atoms with Crippen LogP contribution in [-0.2, 0) is 0 Å². The molecule has 0 aliphatic carbocycles. The van der Waals surface area contributed by atoms with Crippen molar-refractivity contribution in [2.24, 2.45) is 0 Å². The highest BCUT2D eigenvalue weighted by Gasteiger charge is 2.24. The van der Waals surface area contributed by atoms with Gasteiger partial charge in [0.2, 0.25) is 11.2 Å². The Labute approximate surface area is 86.3 Å². The van der Waals surface area contributed by atoms with Gasteiger partial charge in [-0.15, -0.1) is 11.7 Å². The van der Waals surface area contributed by atoms with Crippen molar-refractivity contribution in [2.75, 3.05) is 0 Å². The highest BCUT2D eigenvalue weighted by atomic mass is 32.3. The molecule has 0 saturated heterocycles. The van der Waals surface area contributed by atoms with Gasteiger partial charge in [0.1, 0.15) is 0 Å². The second-order valence-electron chi connectivity index (χ2n) is 2.92. The van der Waals surface area contributed by atoms with Gasteiger partial charge in [0.05, 0.1) is 11.1 Å². The van der Waals surface area contributed by atoms with Gasteiger partial charge in [-0.05, 0) is 17.7 Å². The number of nitrogens with zero attached hydrogens (tertiary/aromatic N) is 1. The first kappa shape index (κ1) is 10.1. The van der Waals surface area contributed by atoms with Crippen molar-refractivity contribution in [3.05, 3.63) is 36.7 Å². The van der Waals surface area contributed by atoms with Crippen LogP contribution in [0.25, 0.3) is 11.1 Å². The predicted octanol–water partition coefficient (Wildman–Crippen LogP) is 3.89. The fraction of sp³-hybridized carbons (Fsp3) is 0. The van der Waals surface area contributed by atoms with Gasteiger partial charge in [-0.25, -0.2) is 0 Å². The van der Waals surface area contributed by atoms with E-state index in [2.05, 4.69) is 10.2 Å². The second-order valence-corrected chi connectivity index (χ2v) is 4.21. The Bertz CT molecular complexity index is 451. The lowest BCUT2D eigenvalue weighted by Gasteiger charge is -2.10. The molecular weight excluding hydrogens is 225 g/mol. The molecule has 1 N–H and O–H groups in total. The van der Waals surface area contributed by atoms with E-state index in [1.165, 1.54) is 12.3 Å². The molecule has 0 saturated carbocycles. The minimum Gasteiger partial charge on any atom is -0.285 e. The third-order valence-electron chi connectivity index (χ3n) is 1.93. The van der Waals surface area contributed by atoms with E-state index in [9.17, 15) is 11.7 Å². The van der Waals surface area contributed by atoms with Gasteiger partial charge >= 0.3 is 0 Å². The Hall–Kier alpha value is -1.43. The SMILES string of the molecule is FS(F)(F)c1cccc(-c2cn[nH]c2)c1. The van der Waals surface area contributed by atoms with E-state index in [0.29, 0.717) is 11.1 Å². The Balaban J connectivity index is 2.44. The molecule has 6 heteroatoms. The summed E-state index contributed by atoms with van der Waals surface area (Å²) in [6.45, 7) is 0. The Morgan fingerprint density at radius 3 is 2.53 bits per heavy atom. The molecule has 1 heterocycles. The fourth-order valence-electron chi connectivity index (χ4n) is 1.23. The average Bonchev–Trinajstić information content (AvgIpc) is 2.69. The summed E-state index contributed by atoms with van der Waals surface area (Å²) < 4.78 is 37.4. The summed E-state index contributed by atoms with van der Waals surface area (Å²) in [5, 5.41) is 6.25. The van der Waals surface area contributed by atoms with Gasteiger partial charge < -0.3 is 0 Å². The van der Waals surface area contributed by atoms with E-state index in [-0.39, 0.29) is 0 Å². The van der Waals surface area contributed by atoms with Crippen molar-refractivity contribution in [3.8, 4) is 11.1 Å². The quantitative estimate of drug-likeness (QED) is 0.835. The van der Waals surface area contributed by atoms with Crippen LogP contribution in [-0.4, -0.2) is 10.2 Å². The molecule has 0 aliphatic heterocycles. The Morgan fingerprint density at radius 1 is 1.13 bits per heavy atom. The van der Waals surface area contributed by atoms with Crippen LogP contribution < -0.4 is 0 Å². The summed E-state index contributed by atoms with van der Waals surface area (Å²) >= 11 is -5.15. The molecular formula is C9H7F3N2S. The highest BCUT2D eigenvalue weighted by Crippen LogP contribution is 2.60. The maximum Gasteiger partial charge on any atom is 0.237 e. The summed E-state index contributed by atoms with van der Waals surface area (Å²) in [5.41, 5.74) is 1.17. The third kappa shape index (κ3) is 2.15. The molecule has 15 heavy (non-hydrogen) atoms. The highest BCUT2D eigenvalue weighted by molar-refractivity contribution is 8.20. The molecule has 2 aromatic rings. The first-order chi connectivity index (χ1) is 7.07. The summed E-state index contributed by atoms with van der Waals surface area (Å²) in [6.07, 6.45) is 3.05. The summed E-state index contributed by atoms with van der Waals surface area (Å²) in [4.78, 5) is -0.568. The van der Waals surface area contributed by atoms with Gasteiger partial charge in [0, 0.05) is 11.8 Å². The summed E-state index contributed by atoms with van der Waals surface area (Å²) in [7, 11) is 0. The van der Waals surface area contributed by atoms with Gasteiger partial charge in [0.15, 0.2) is 0 Å². The zero-order valence-corrected chi connectivity index (χ0v) is 8.27. The van der Waals surface area contributed by atoms with Crippen molar-refractivity contribution >= 4 is 11.2 Å². The van der Waals surface area contributed by atoms with E-state index in [1.54, 1.807) is 12.3 Å². The first-order valence-electron chi connectivity index (χ1n) is 4.09. The van der Waals surface area contributed by atoms with E-state index >= 15 is 0 Å². The lowest BCUT2D eigenvalue weighted by Crippen LogP contribution is -1.81. The molecule has 1 aromatic carbocycles. The molecule has 0 fully saturated rings. The van der Waals surface area contributed by atoms with Gasteiger partial charge in [-0.2, -0.15) is 5.10 Å². The minimum absolute atomic E-state index is 0.520. The Kier molecular flexibility index (Phi) is 2.44. The molecule has 0 atom stereocenters. The number of hydrogen-bond acceptors (Lipinski definition) is 1. The fourth-order valence-corrected chi connectivity index (χ4v) is 1.72. The molecule has 2 rings (SSSR count). The molecule has 0 aliphatic rings. The lowest BCUT2D eigenvalue weighted by atomic mass is 10.1. The monoisotopic (exact) mass is 232 g/mol. The standard InChI is InChI=1S/C9H7F3N2S/c10-15(11,12)9-3-1-2-7(4-9)8-5-13-14-6-8/h1-6H,(H,13,14). The maximum absolute atomic E-state index is 12.5. The zero-order valence-electron chi connectivity index (χ0n) is 7.45. The topological polar surface area (TPSA) is 28.7 Å². The molecule has 0 radical (unpaired) electrons. The molecule has 0 bridgehead atoms. The largest absolute Gasteiger partial charge is 0.285 e. The Morgan fingerprint density at radius 2 is 1.93 bits per heavy atom. The molecule has 2 nitrogen and oxygen atoms in total. The van der Waals surface area contributed by atoms with Crippen molar-refractivity contribution in [1.82, 2.24) is 10.2 Å². The van der Waals surface area contributed by atoms with Crippen LogP contribution in [0.4, 0.5) is 11.7 Å². The average molecular weight is 232 g/mol. The van der Waals surface area contributed by atoms with E-state index in [0.717, 1.165) is 12.1 Å². The van der Waals surface area contributed by atoms with Gasteiger partial charge in [0.25, 0.3) is 0 Å². The number of aromatic amines is 1. The number of aromatic nitrogens is 2. The van der Waals surface area contributed by atoms with Gasteiger partial charge in [-0.1, -0.05) is 12.1 Å². The first-order valence-corrected chi connectivity index (χ1v) is 5.42. The lowest BCUT2D eigenvalue weighted by molar-refractivity contribution is 0.633. The van der Waals surface area contributed by atoms with E-state index in [4.69, 9.17) is 0 Å². The van der Waals surface area contributed by atoms with E-state index in [1.807, 2.05) is 0 Å². The number of nitrogens with one attached hydrogen (secondary N) is 1. The number of H-pyrrole nitrogens is 1. The van der Waals surface area contributed by atoms with Crippen LogP contribution in [0, 0.1) is 0 Å². The van der Waals surface area contributed by atoms with Crippen LogP contribution in [0.1, 0.15) is 0 Å². The molecule has 0 amide bonds. The number of rotatable bonds is 2. The smallest absolute Gasteiger partial charge is 0.237 e. The normalized spacial score (nSPS) is 12.7. The molecule has 0 unspecified atom stereocenters. The maximum atomic E-state index is 12.5. The minimum atomic E-state index is -5.15. The zero-order chi connectivity index (χ0) is 10.9. The van der Waals surface area contributed by atoms with E-state index < -0.39 is 16.1 Å². The van der Waals surface area contributed by atoms with Crippen molar-refractivity contribution in [3.63, 3.8) is 0 Å². The van der Waals surface area contributed by atoms with Crippen LogP contribution in [0.15, 0.2) is 41.6 Å². The van der Waals surface area contributed by atoms with Crippen LogP contribution in [0.2, 0.25) is 0 Å². The molecule has 0 spiro atoms. The number of halogens is 3. The van der Waals surface area contributed by atoms with Gasteiger partial charge in [-0.3, -0.25) is 5.10 Å².